The molecule has 4 nitrogen and oxygen atoms in total. The van der Waals surface area contributed by atoms with Crippen molar-refractivity contribution in [1.82, 2.24) is 5.32 Å². The maximum absolute atomic E-state index is 12.5. The summed E-state index contributed by atoms with van der Waals surface area (Å²) in [5.74, 6) is 0.0441. The largest absolute Gasteiger partial charge is 0.356 e. The zero-order chi connectivity index (χ0) is 17.8. The Morgan fingerprint density at radius 2 is 1.78 bits per heavy atom. The second kappa shape index (κ2) is 7.71. The van der Waals surface area contributed by atoms with Crippen LogP contribution in [0.3, 0.4) is 0 Å². The van der Waals surface area contributed by atoms with Crippen molar-refractivity contribution in [3.05, 3.63) is 22.8 Å². The molecule has 0 fully saturated rings. The van der Waals surface area contributed by atoms with Crippen LogP contribution < -0.4 is 5.32 Å². The number of unbranched alkanes of at least 4 members (excludes halogenated alkanes) is 1. The van der Waals surface area contributed by atoms with Crippen molar-refractivity contribution >= 4 is 17.5 Å². The summed E-state index contributed by atoms with van der Waals surface area (Å²) < 4.78 is 0. The van der Waals surface area contributed by atoms with E-state index in [0.717, 1.165) is 12.8 Å². The Kier molecular flexibility index (Phi) is 6.48. The molecule has 1 aliphatic rings. The van der Waals surface area contributed by atoms with E-state index in [4.69, 9.17) is 0 Å². The summed E-state index contributed by atoms with van der Waals surface area (Å²) in [6.45, 7) is 11.8. The van der Waals surface area contributed by atoms with E-state index >= 15 is 0 Å². The van der Waals surface area contributed by atoms with Gasteiger partial charge >= 0.3 is 0 Å². The SMILES string of the molecule is CC1=C(CCCCNC(=O)C(C)(C)C)C(=O)C(C(C)C)=CC1=O. The number of carbonyl (C=O) groups is 3. The minimum atomic E-state index is -0.387. The second-order valence-corrected chi connectivity index (χ2v) is 7.51. The molecule has 0 spiro atoms. The van der Waals surface area contributed by atoms with Gasteiger partial charge in [-0.05, 0) is 38.2 Å². The summed E-state index contributed by atoms with van der Waals surface area (Å²) in [6.07, 6.45) is 3.64. The molecule has 0 aliphatic heterocycles. The molecule has 0 atom stereocenters. The van der Waals surface area contributed by atoms with Crippen molar-refractivity contribution in [3.63, 3.8) is 0 Å². The summed E-state index contributed by atoms with van der Waals surface area (Å²) >= 11 is 0. The average Bonchev–Trinajstić information content (AvgIpc) is 2.44. The van der Waals surface area contributed by atoms with Crippen molar-refractivity contribution in [2.75, 3.05) is 6.54 Å². The number of Topliss-reactive ketones (excluding diaryl/α,β-unsaturated/α-hetero) is 1. The molecule has 1 rings (SSSR count). The van der Waals surface area contributed by atoms with Crippen LogP contribution >= 0.6 is 0 Å². The van der Waals surface area contributed by atoms with Crippen LogP contribution in [0.15, 0.2) is 22.8 Å². The highest BCUT2D eigenvalue weighted by atomic mass is 16.2. The van der Waals surface area contributed by atoms with Gasteiger partial charge in [-0.2, -0.15) is 0 Å². The Hall–Kier alpha value is -1.71. The lowest BCUT2D eigenvalue weighted by molar-refractivity contribution is -0.128. The Morgan fingerprint density at radius 3 is 2.30 bits per heavy atom. The molecule has 23 heavy (non-hydrogen) atoms. The number of carbonyl (C=O) groups excluding carboxylic acids is 3. The molecular weight excluding hydrogens is 290 g/mol. The predicted octanol–water partition coefficient (Wildman–Crippen LogP) is 3.37. The molecule has 128 valence electrons. The smallest absolute Gasteiger partial charge is 0.225 e. The lowest BCUT2D eigenvalue weighted by atomic mass is 9.83. The minimum Gasteiger partial charge on any atom is -0.356 e. The van der Waals surface area contributed by atoms with Crippen molar-refractivity contribution in [2.24, 2.45) is 11.3 Å². The van der Waals surface area contributed by atoms with Crippen LogP contribution in [0.4, 0.5) is 0 Å². The van der Waals surface area contributed by atoms with E-state index in [1.807, 2.05) is 34.6 Å². The highest BCUT2D eigenvalue weighted by Crippen LogP contribution is 2.27. The molecule has 0 radical (unpaired) electrons. The fourth-order valence-corrected chi connectivity index (χ4v) is 2.43. The van der Waals surface area contributed by atoms with E-state index < -0.39 is 0 Å². The van der Waals surface area contributed by atoms with Gasteiger partial charge in [0.1, 0.15) is 0 Å². The lowest BCUT2D eigenvalue weighted by Crippen LogP contribution is -2.35. The Bertz CT molecular complexity index is 560. The fourth-order valence-electron chi connectivity index (χ4n) is 2.43. The zero-order valence-corrected chi connectivity index (χ0v) is 15.2. The standard InChI is InChI=1S/C19H29NO3/c1-12(2)15-11-16(21)13(3)14(17(15)22)9-7-8-10-20-18(23)19(4,5)6/h11-12H,7-10H2,1-6H3,(H,20,23). The third-order valence-corrected chi connectivity index (χ3v) is 4.09. The van der Waals surface area contributed by atoms with Gasteiger partial charge in [0, 0.05) is 28.7 Å². The summed E-state index contributed by atoms with van der Waals surface area (Å²) in [6, 6.07) is 0. The normalized spacial score (nSPS) is 16.0. The zero-order valence-electron chi connectivity index (χ0n) is 15.2. The summed E-state index contributed by atoms with van der Waals surface area (Å²) in [7, 11) is 0. The maximum atomic E-state index is 12.5. The molecule has 1 amide bonds. The highest BCUT2D eigenvalue weighted by Gasteiger charge is 2.27. The minimum absolute atomic E-state index is 0.0100. The van der Waals surface area contributed by atoms with Crippen LogP contribution in [-0.4, -0.2) is 24.0 Å². The summed E-state index contributed by atoms with van der Waals surface area (Å²) in [4.78, 5) is 36.3. The number of nitrogens with one attached hydrogen (secondary N) is 1. The Balaban J connectivity index is 2.54. The monoisotopic (exact) mass is 319 g/mol. The van der Waals surface area contributed by atoms with Gasteiger partial charge < -0.3 is 5.32 Å². The van der Waals surface area contributed by atoms with Crippen LogP contribution in [0.5, 0.6) is 0 Å². The quantitative estimate of drug-likeness (QED) is 0.603. The number of hydrogen-bond donors (Lipinski definition) is 1. The van der Waals surface area contributed by atoms with Crippen molar-refractivity contribution < 1.29 is 14.4 Å². The maximum Gasteiger partial charge on any atom is 0.225 e. The van der Waals surface area contributed by atoms with Crippen LogP contribution in [0, 0.1) is 11.3 Å². The van der Waals surface area contributed by atoms with E-state index in [1.165, 1.54) is 6.08 Å². The third-order valence-electron chi connectivity index (χ3n) is 4.09. The molecule has 4 heteroatoms. The molecule has 0 bridgehead atoms. The molecular formula is C19H29NO3. The van der Waals surface area contributed by atoms with Crippen LogP contribution in [0.25, 0.3) is 0 Å². The molecule has 0 aromatic rings. The number of rotatable bonds is 6. The van der Waals surface area contributed by atoms with Crippen molar-refractivity contribution in [2.45, 2.75) is 60.8 Å². The highest BCUT2D eigenvalue weighted by molar-refractivity contribution is 6.22. The lowest BCUT2D eigenvalue weighted by Gasteiger charge is -2.20. The van der Waals surface area contributed by atoms with E-state index in [0.29, 0.717) is 29.7 Å². The van der Waals surface area contributed by atoms with Gasteiger partial charge in [0.05, 0.1) is 0 Å². The van der Waals surface area contributed by atoms with Crippen LogP contribution in [0.2, 0.25) is 0 Å². The number of ketones is 2. The fraction of sp³-hybridized carbons (Fsp3) is 0.632. The molecule has 0 saturated carbocycles. The van der Waals surface area contributed by atoms with E-state index in [1.54, 1.807) is 6.92 Å². The number of hydrogen-bond acceptors (Lipinski definition) is 3. The van der Waals surface area contributed by atoms with Gasteiger partial charge in [-0.3, -0.25) is 14.4 Å². The molecule has 0 unspecified atom stereocenters. The van der Waals surface area contributed by atoms with E-state index in [-0.39, 0.29) is 28.8 Å². The number of allylic oxidation sites excluding steroid dienone is 4. The van der Waals surface area contributed by atoms with E-state index in [2.05, 4.69) is 5.32 Å². The van der Waals surface area contributed by atoms with Gasteiger partial charge in [-0.15, -0.1) is 0 Å². The Morgan fingerprint density at radius 1 is 1.17 bits per heavy atom. The van der Waals surface area contributed by atoms with Crippen LogP contribution in [0.1, 0.15) is 60.8 Å². The first-order valence-corrected chi connectivity index (χ1v) is 8.34. The van der Waals surface area contributed by atoms with Gasteiger partial charge in [0.25, 0.3) is 0 Å². The average molecular weight is 319 g/mol. The summed E-state index contributed by atoms with van der Waals surface area (Å²) in [5.41, 5.74) is 1.43. The molecule has 0 heterocycles. The van der Waals surface area contributed by atoms with Gasteiger partial charge in [0.15, 0.2) is 11.6 Å². The number of amides is 1. The second-order valence-electron chi connectivity index (χ2n) is 7.51. The van der Waals surface area contributed by atoms with Gasteiger partial charge in [-0.25, -0.2) is 0 Å². The van der Waals surface area contributed by atoms with Crippen LogP contribution in [-0.2, 0) is 14.4 Å². The molecule has 0 saturated heterocycles. The molecule has 1 N–H and O–H groups in total. The van der Waals surface area contributed by atoms with Gasteiger partial charge in [0.2, 0.25) is 5.91 Å². The van der Waals surface area contributed by atoms with Crippen molar-refractivity contribution in [1.29, 1.82) is 0 Å². The first kappa shape index (κ1) is 19.3. The third kappa shape index (κ3) is 5.15. The Labute approximate surface area is 139 Å². The molecule has 0 aromatic heterocycles. The summed E-state index contributed by atoms with van der Waals surface area (Å²) in [5, 5.41) is 2.90. The van der Waals surface area contributed by atoms with Gasteiger partial charge in [-0.1, -0.05) is 34.6 Å². The van der Waals surface area contributed by atoms with E-state index in [9.17, 15) is 14.4 Å². The van der Waals surface area contributed by atoms with Crippen molar-refractivity contribution in [3.8, 4) is 0 Å². The first-order chi connectivity index (χ1) is 10.6. The topological polar surface area (TPSA) is 63.2 Å². The molecule has 0 aromatic carbocycles. The molecule has 1 aliphatic carbocycles. The predicted molar refractivity (Wildman–Crippen MR) is 92.0 cm³/mol. The first-order valence-electron chi connectivity index (χ1n) is 8.34.